The third-order valence-electron chi connectivity index (χ3n) is 2.34. The van der Waals surface area contributed by atoms with E-state index >= 15 is 0 Å². The number of aromatic nitrogens is 2. The molecule has 5 nitrogen and oxygen atoms in total. The van der Waals surface area contributed by atoms with E-state index in [1.54, 1.807) is 12.5 Å². The van der Waals surface area contributed by atoms with Crippen LogP contribution in [0.2, 0.25) is 0 Å². The lowest BCUT2D eigenvalue weighted by atomic mass is 10.2. The third-order valence-corrected chi connectivity index (χ3v) is 2.34. The van der Waals surface area contributed by atoms with Crippen molar-refractivity contribution in [2.75, 3.05) is 20.6 Å². The van der Waals surface area contributed by atoms with Crippen LogP contribution in [-0.2, 0) is 0 Å². The molecular formula is C12H21N5. The van der Waals surface area contributed by atoms with Gasteiger partial charge >= 0.3 is 0 Å². The lowest BCUT2D eigenvalue weighted by molar-refractivity contribution is 0.469. The standard InChI is InChI=1S/C12H21N5/c1-6-14-12-11(10(13)7-16(4)5)15-8-17(12)9(2)3/h6,8-9,13H,7H2,1-5H3. The number of rotatable bonds is 5. The normalized spacial score (nSPS) is 11.9. The Balaban J connectivity index is 3.11. The van der Waals surface area contributed by atoms with E-state index < -0.39 is 0 Å². The van der Waals surface area contributed by atoms with Gasteiger partial charge in [-0.2, -0.15) is 0 Å². The van der Waals surface area contributed by atoms with E-state index in [1.807, 2.05) is 30.5 Å². The van der Waals surface area contributed by atoms with Crippen molar-refractivity contribution >= 4 is 17.7 Å². The second-order valence-corrected chi connectivity index (χ2v) is 4.52. The van der Waals surface area contributed by atoms with Gasteiger partial charge in [0.1, 0.15) is 5.69 Å². The molecule has 0 spiro atoms. The van der Waals surface area contributed by atoms with E-state index in [1.165, 1.54) is 0 Å². The summed E-state index contributed by atoms with van der Waals surface area (Å²) in [6.45, 7) is 6.60. The summed E-state index contributed by atoms with van der Waals surface area (Å²) in [5.74, 6) is 0.773. The number of hydrogen-bond donors (Lipinski definition) is 1. The van der Waals surface area contributed by atoms with Gasteiger partial charge in [0.25, 0.3) is 0 Å². The van der Waals surface area contributed by atoms with Gasteiger partial charge in [0.05, 0.1) is 12.0 Å². The minimum atomic E-state index is 0.294. The number of nitrogens with one attached hydrogen (secondary N) is 1. The molecule has 0 amide bonds. The van der Waals surface area contributed by atoms with Crippen LogP contribution < -0.4 is 0 Å². The van der Waals surface area contributed by atoms with Crippen molar-refractivity contribution in [3.63, 3.8) is 0 Å². The molecular weight excluding hydrogens is 214 g/mol. The van der Waals surface area contributed by atoms with Gasteiger partial charge in [0, 0.05) is 18.8 Å². The Morgan fingerprint density at radius 1 is 1.59 bits per heavy atom. The first-order valence-electron chi connectivity index (χ1n) is 5.75. The zero-order valence-corrected chi connectivity index (χ0v) is 11.2. The van der Waals surface area contributed by atoms with Crippen LogP contribution in [0, 0.1) is 5.41 Å². The third kappa shape index (κ3) is 3.23. The molecule has 5 heteroatoms. The van der Waals surface area contributed by atoms with Crippen molar-refractivity contribution in [2.45, 2.75) is 26.8 Å². The molecule has 17 heavy (non-hydrogen) atoms. The molecule has 1 aromatic heterocycles. The molecule has 0 saturated carbocycles. The maximum Gasteiger partial charge on any atom is 0.161 e. The lowest BCUT2D eigenvalue weighted by Crippen LogP contribution is -2.22. The van der Waals surface area contributed by atoms with Crippen molar-refractivity contribution in [1.29, 1.82) is 5.41 Å². The molecule has 0 aliphatic rings. The van der Waals surface area contributed by atoms with Gasteiger partial charge in [0.15, 0.2) is 5.82 Å². The first-order chi connectivity index (χ1) is 7.97. The number of imidazole rings is 1. The van der Waals surface area contributed by atoms with Gasteiger partial charge in [-0.25, -0.2) is 9.98 Å². The molecule has 0 aliphatic carbocycles. The van der Waals surface area contributed by atoms with Gasteiger partial charge in [-0.1, -0.05) is 0 Å². The Bertz CT molecular complexity index is 415. The van der Waals surface area contributed by atoms with Crippen molar-refractivity contribution in [1.82, 2.24) is 14.5 Å². The van der Waals surface area contributed by atoms with Crippen molar-refractivity contribution < 1.29 is 0 Å². The van der Waals surface area contributed by atoms with Crippen LogP contribution in [0.15, 0.2) is 11.3 Å². The van der Waals surface area contributed by atoms with E-state index in [0.717, 1.165) is 5.82 Å². The SMILES string of the molecule is CC=Nc1c(C(=N)CN(C)C)ncn1C(C)C. The molecule has 0 atom stereocenters. The van der Waals surface area contributed by atoms with E-state index in [0.29, 0.717) is 24.0 Å². The summed E-state index contributed by atoms with van der Waals surface area (Å²) in [6, 6.07) is 0.294. The Labute approximate surface area is 103 Å². The molecule has 0 unspecified atom stereocenters. The zero-order valence-electron chi connectivity index (χ0n) is 11.2. The van der Waals surface area contributed by atoms with E-state index in [2.05, 4.69) is 23.8 Å². The Morgan fingerprint density at radius 3 is 2.71 bits per heavy atom. The second-order valence-electron chi connectivity index (χ2n) is 4.52. The topological polar surface area (TPSA) is 57.3 Å². The maximum atomic E-state index is 8.04. The van der Waals surface area contributed by atoms with Crippen LogP contribution in [0.5, 0.6) is 0 Å². The molecule has 1 rings (SSSR count). The highest BCUT2D eigenvalue weighted by atomic mass is 15.2. The Hall–Kier alpha value is -1.49. The average Bonchev–Trinajstić information content (AvgIpc) is 2.61. The van der Waals surface area contributed by atoms with E-state index in [4.69, 9.17) is 5.41 Å². The minimum Gasteiger partial charge on any atom is -0.313 e. The van der Waals surface area contributed by atoms with Gasteiger partial charge in [-0.15, -0.1) is 0 Å². The van der Waals surface area contributed by atoms with Gasteiger partial charge < -0.3 is 14.9 Å². The van der Waals surface area contributed by atoms with Crippen LogP contribution in [0.3, 0.4) is 0 Å². The summed E-state index contributed by atoms with van der Waals surface area (Å²) in [5, 5.41) is 8.04. The van der Waals surface area contributed by atoms with Crippen LogP contribution in [-0.4, -0.2) is 47.0 Å². The number of aliphatic imine (C=N–C) groups is 1. The minimum absolute atomic E-state index is 0.294. The maximum absolute atomic E-state index is 8.04. The summed E-state index contributed by atoms with van der Waals surface area (Å²) in [7, 11) is 3.88. The summed E-state index contributed by atoms with van der Waals surface area (Å²) in [5.41, 5.74) is 1.17. The van der Waals surface area contributed by atoms with E-state index in [-0.39, 0.29) is 0 Å². The van der Waals surface area contributed by atoms with Crippen LogP contribution in [0.25, 0.3) is 0 Å². The molecule has 0 radical (unpaired) electrons. The molecule has 0 bridgehead atoms. The van der Waals surface area contributed by atoms with E-state index in [9.17, 15) is 0 Å². The van der Waals surface area contributed by atoms with Crippen molar-refractivity contribution in [3.05, 3.63) is 12.0 Å². The summed E-state index contributed by atoms with van der Waals surface area (Å²) >= 11 is 0. The molecule has 0 aromatic carbocycles. The number of hydrogen-bond acceptors (Lipinski definition) is 4. The number of likely N-dealkylation sites (N-methyl/N-ethyl adjacent to an activating group) is 1. The fraction of sp³-hybridized carbons (Fsp3) is 0.583. The number of nitrogens with zero attached hydrogens (tertiary/aromatic N) is 4. The summed E-state index contributed by atoms with van der Waals surface area (Å²) in [4.78, 5) is 10.6. The molecule has 1 aromatic rings. The molecule has 0 aliphatic heterocycles. The largest absolute Gasteiger partial charge is 0.313 e. The van der Waals surface area contributed by atoms with Crippen LogP contribution in [0.4, 0.5) is 5.82 Å². The monoisotopic (exact) mass is 235 g/mol. The zero-order chi connectivity index (χ0) is 13.0. The molecule has 94 valence electrons. The summed E-state index contributed by atoms with van der Waals surface area (Å²) < 4.78 is 1.99. The predicted molar refractivity (Wildman–Crippen MR) is 71.8 cm³/mol. The Kier molecular flexibility index (Phi) is 4.57. The summed E-state index contributed by atoms with van der Waals surface area (Å²) in [6.07, 6.45) is 3.49. The van der Waals surface area contributed by atoms with Gasteiger partial charge in [-0.05, 0) is 34.9 Å². The predicted octanol–water partition coefficient (Wildman–Crippen LogP) is 2.12. The highest BCUT2D eigenvalue weighted by Crippen LogP contribution is 2.22. The molecule has 0 fully saturated rings. The highest BCUT2D eigenvalue weighted by Gasteiger charge is 2.16. The quantitative estimate of drug-likeness (QED) is 0.795. The van der Waals surface area contributed by atoms with Crippen molar-refractivity contribution in [3.8, 4) is 0 Å². The molecule has 1 N–H and O–H groups in total. The van der Waals surface area contributed by atoms with Gasteiger partial charge in [0.2, 0.25) is 0 Å². The first kappa shape index (κ1) is 13.6. The Morgan fingerprint density at radius 2 is 2.24 bits per heavy atom. The second kappa shape index (κ2) is 5.72. The smallest absolute Gasteiger partial charge is 0.161 e. The van der Waals surface area contributed by atoms with Gasteiger partial charge in [-0.3, -0.25) is 0 Å². The van der Waals surface area contributed by atoms with Crippen LogP contribution >= 0.6 is 0 Å². The highest BCUT2D eigenvalue weighted by molar-refractivity contribution is 6.01. The fourth-order valence-corrected chi connectivity index (χ4v) is 1.59. The lowest BCUT2D eigenvalue weighted by Gasteiger charge is -2.12. The fourth-order valence-electron chi connectivity index (χ4n) is 1.59. The first-order valence-corrected chi connectivity index (χ1v) is 5.75. The molecule has 1 heterocycles. The van der Waals surface area contributed by atoms with Crippen molar-refractivity contribution in [2.24, 2.45) is 4.99 Å². The molecule has 0 saturated heterocycles. The van der Waals surface area contributed by atoms with Crippen LogP contribution in [0.1, 0.15) is 32.5 Å². The average molecular weight is 235 g/mol.